The van der Waals surface area contributed by atoms with E-state index >= 15 is 0 Å². The fourth-order valence-electron chi connectivity index (χ4n) is 2.10. The zero-order valence-corrected chi connectivity index (χ0v) is 9.77. The van der Waals surface area contributed by atoms with E-state index in [1.807, 2.05) is 19.1 Å². The van der Waals surface area contributed by atoms with Gasteiger partial charge in [-0.2, -0.15) is 0 Å². The maximum Gasteiger partial charge on any atom is 0.0658 e. The first-order valence-electron chi connectivity index (χ1n) is 5.49. The van der Waals surface area contributed by atoms with Crippen molar-refractivity contribution < 1.29 is 0 Å². The summed E-state index contributed by atoms with van der Waals surface area (Å²) in [6, 6.07) is 4.45. The third-order valence-corrected chi connectivity index (χ3v) is 3.38. The van der Waals surface area contributed by atoms with Crippen LogP contribution in [0.25, 0.3) is 0 Å². The molecule has 0 atom stereocenters. The summed E-state index contributed by atoms with van der Waals surface area (Å²) >= 11 is 6.14. The van der Waals surface area contributed by atoms with E-state index in [9.17, 15) is 0 Å². The maximum atomic E-state index is 6.14. The minimum atomic E-state index is 0.588. The number of halogens is 1. The van der Waals surface area contributed by atoms with E-state index in [1.165, 1.54) is 25.7 Å². The molecule has 0 aromatic heterocycles. The molecule has 3 heteroatoms. The number of benzene rings is 1. The average molecular weight is 225 g/mol. The van der Waals surface area contributed by atoms with E-state index in [0.717, 1.165) is 22.0 Å². The molecular weight excluding hydrogens is 208 g/mol. The van der Waals surface area contributed by atoms with Crippen LogP contribution < -0.4 is 11.1 Å². The molecule has 0 unspecified atom stereocenters. The molecule has 1 aromatic carbocycles. The van der Waals surface area contributed by atoms with Gasteiger partial charge in [-0.3, -0.25) is 0 Å². The third-order valence-electron chi connectivity index (χ3n) is 3.07. The summed E-state index contributed by atoms with van der Waals surface area (Å²) in [7, 11) is 0. The first kappa shape index (κ1) is 10.6. The van der Waals surface area contributed by atoms with Crippen molar-refractivity contribution in [2.75, 3.05) is 11.1 Å². The van der Waals surface area contributed by atoms with Crippen LogP contribution in [0.2, 0.25) is 5.02 Å². The standard InChI is InChI=1S/C12H17ClN2/c1-8-6-12(10(13)7-11(8)14)15-9-4-2-3-5-9/h6-7,9,15H,2-5,14H2,1H3. The van der Waals surface area contributed by atoms with Crippen molar-refractivity contribution in [1.82, 2.24) is 0 Å². The van der Waals surface area contributed by atoms with Crippen molar-refractivity contribution in [2.45, 2.75) is 38.6 Å². The predicted octanol–water partition coefficient (Wildman–Crippen LogP) is 3.59. The molecule has 0 aliphatic heterocycles. The fourth-order valence-corrected chi connectivity index (χ4v) is 2.32. The summed E-state index contributed by atoms with van der Waals surface area (Å²) in [6.45, 7) is 2.01. The Bertz CT molecular complexity index is 357. The summed E-state index contributed by atoms with van der Waals surface area (Å²) in [5.74, 6) is 0. The minimum Gasteiger partial charge on any atom is -0.398 e. The van der Waals surface area contributed by atoms with Gasteiger partial charge in [0.2, 0.25) is 0 Å². The van der Waals surface area contributed by atoms with Crippen LogP contribution in [0, 0.1) is 6.92 Å². The van der Waals surface area contributed by atoms with Crippen LogP contribution in [0.1, 0.15) is 31.2 Å². The Morgan fingerprint density at radius 1 is 1.33 bits per heavy atom. The van der Waals surface area contributed by atoms with Gasteiger partial charge in [0.25, 0.3) is 0 Å². The van der Waals surface area contributed by atoms with E-state index in [4.69, 9.17) is 17.3 Å². The van der Waals surface area contributed by atoms with Crippen LogP contribution in [0.15, 0.2) is 12.1 Å². The second-order valence-corrected chi connectivity index (χ2v) is 4.72. The van der Waals surface area contributed by atoms with Gasteiger partial charge in [-0.1, -0.05) is 24.4 Å². The molecule has 1 aliphatic carbocycles. The number of hydrogen-bond acceptors (Lipinski definition) is 2. The Kier molecular flexibility index (Phi) is 3.06. The third kappa shape index (κ3) is 2.37. The Hall–Kier alpha value is -0.890. The number of anilines is 2. The number of nitrogens with one attached hydrogen (secondary N) is 1. The van der Waals surface area contributed by atoms with Gasteiger partial charge in [0.1, 0.15) is 0 Å². The SMILES string of the molecule is Cc1cc(NC2CCCC2)c(Cl)cc1N. The van der Waals surface area contributed by atoms with Crippen LogP contribution in [-0.4, -0.2) is 6.04 Å². The highest BCUT2D eigenvalue weighted by molar-refractivity contribution is 6.33. The minimum absolute atomic E-state index is 0.588. The lowest BCUT2D eigenvalue weighted by atomic mass is 10.1. The Morgan fingerprint density at radius 2 is 2.00 bits per heavy atom. The second-order valence-electron chi connectivity index (χ2n) is 4.31. The molecule has 1 fully saturated rings. The molecule has 0 spiro atoms. The lowest BCUT2D eigenvalue weighted by Crippen LogP contribution is -2.15. The van der Waals surface area contributed by atoms with Crippen molar-refractivity contribution in [3.63, 3.8) is 0 Å². The quantitative estimate of drug-likeness (QED) is 0.754. The van der Waals surface area contributed by atoms with Gasteiger partial charge in [-0.05, 0) is 37.5 Å². The fraction of sp³-hybridized carbons (Fsp3) is 0.500. The molecule has 0 bridgehead atoms. The number of hydrogen-bond donors (Lipinski definition) is 2. The topological polar surface area (TPSA) is 38.0 Å². The van der Waals surface area contributed by atoms with Crippen LogP contribution in [0.3, 0.4) is 0 Å². The number of nitrogens with two attached hydrogens (primary N) is 1. The monoisotopic (exact) mass is 224 g/mol. The molecule has 1 saturated carbocycles. The van der Waals surface area contributed by atoms with Gasteiger partial charge in [0.05, 0.1) is 10.7 Å². The summed E-state index contributed by atoms with van der Waals surface area (Å²) in [5.41, 5.74) is 8.65. The van der Waals surface area contributed by atoms with Gasteiger partial charge < -0.3 is 11.1 Å². The van der Waals surface area contributed by atoms with E-state index in [-0.39, 0.29) is 0 Å². The molecule has 0 radical (unpaired) electrons. The van der Waals surface area contributed by atoms with E-state index in [0.29, 0.717) is 6.04 Å². The van der Waals surface area contributed by atoms with E-state index < -0.39 is 0 Å². The normalized spacial score (nSPS) is 16.9. The Labute approximate surface area is 95.8 Å². The summed E-state index contributed by atoms with van der Waals surface area (Å²) in [6.07, 6.45) is 5.14. The molecule has 2 nitrogen and oxygen atoms in total. The largest absolute Gasteiger partial charge is 0.398 e. The van der Waals surface area contributed by atoms with Crippen LogP contribution in [0.5, 0.6) is 0 Å². The van der Waals surface area contributed by atoms with Crippen molar-refractivity contribution in [3.8, 4) is 0 Å². The van der Waals surface area contributed by atoms with Gasteiger partial charge in [-0.25, -0.2) is 0 Å². The van der Waals surface area contributed by atoms with Crippen LogP contribution in [-0.2, 0) is 0 Å². The van der Waals surface area contributed by atoms with Gasteiger partial charge in [0, 0.05) is 11.7 Å². The lowest BCUT2D eigenvalue weighted by Gasteiger charge is -2.16. The summed E-state index contributed by atoms with van der Waals surface area (Å²) in [5, 5.41) is 4.22. The maximum absolute atomic E-state index is 6.14. The van der Waals surface area contributed by atoms with Crippen molar-refractivity contribution in [3.05, 3.63) is 22.7 Å². The molecule has 15 heavy (non-hydrogen) atoms. The molecular formula is C12H17ClN2. The van der Waals surface area contributed by atoms with E-state index in [1.54, 1.807) is 0 Å². The van der Waals surface area contributed by atoms with Crippen molar-refractivity contribution in [1.29, 1.82) is 0 Å². The second kappa shape index (κ2) is 4.31. The smallest absolute Gasteiger partial charge is 0.0658 e. The van der Waals surface area contributed by atoms with Gasteiger partial charge in [0.15, 0.2) is 0 Å². The highest BCUT2D eigenvalue weighted by atomic mass is 35.5. The number of aryl methyl sites for hydroxylation is 1. The number of rotatable bonds is 2. The lowest BCUT2D eigenvalue weighted by molar-refractivity contribution is 0.755. The first-order chi connectivity index (χ1) is 7.16. The highest BCUT2D eigenvalue weighted by Crippen LogP contribution is 2.30. The molecule has 1 aromatic rings. The molecule has 0 heterocycles. The summed E-state index contributed by atoms with van der Waals surface area (Å²) in [4.78, 5) is 0. The molecule has 3 N–H and O–H groups in total. The van der Waals surface area contributed by atoms with Crippen molar-refractivity contribution in [2.24, 2.45) is 0 Å². The highest BCUT2D eigenvalue weighted by Gasteiger charge is 2.15. The van der Waals surface area contributed by atoms with Crippen LogP contribution in [0.4, 0.5) is 11.4 Å². The predicted molar refractivity (Wildman–Crippen MR) is 66.5 cm³/mol. The molecule has 0 saturated heterocycles. The molecule has 82 valence electrons. The zero-order chi connectivity index (χ0) is 10.8. The Morgan fingerprint density at radius 3 is 2.67 bits per heavy atom. The Balaban J connectivity index is 2.16. The van der Waals surface area contributed by atoms with E-state index in [2.05, 4.69) is 5.32 Å². The van der Waals surface area contributed by atoms with Gasteiger partial charge in [-0.15, -0.1) is 0 Å². The molecule has 2 rings (SSSR count). The zero-order valence-electron chi connectivity index (χ0n) is 9.02. The molecule has 1 aliphatic rings. The van der Waals surface area contributed by atoms with Crippen LogP contribution >= 0.6 is 11.6 Å². The van der Waals surface area contributed by atoms with Gasteiger partial charge >= 0.3 is 0 Å². The first-order valence-corrected chi connectivity index (χ1v) is 5.87. The summed E-state index contributed by atoms with van der Waals surface area (Å²) < 4.78 is 0. The average Bonchev–Trinajstić information content (AvgIpc) is 2.67. The van der Waals surface area contributed by atoms with Crippen molar-refractivity contribution >= 4 is 23.0 Å². The number of nitrogen functional groups attached to an aromatic ring is 1. The molecule has 0 amide bonds.